The molecular weight excluding hydrogens is 338 g/mol. The molecule has 0 amide bonds. The standard InChI is InChI=1S/C19H35NO6/c1-12(2)15-13(16(22)25-11-19(6,7)10-21)9-14(20(15)24-8)17(23)26-18(3,4)5/h12-15,21H,9-11H2,1-8H3/t13-,14-,15-/m1/s1. The average molecular weight is 373 g/mol. The van der Waals surface area contributed by atoms with Crippen molar-refractivity contribution in [1.82, 2.24) is 5.06 Å². The number of hydrogen-bond donors (Lipinski definition) is 1. The molecule has 1 aliphatic rings. The summed E-state index contributed by atoms with van der Waals surface area (Å²) in [4.78, 5) is 30.8. The van der Waals surface area contributed by atoms with Crippen molar-refractivity contribution in [3.05, 3.63) is 0 Å². The van der Waals surface area contributed by atoms with Crippen molar-refractivity contribution >= 4 is 11.9 Å². The summed E-state index contributed by atoms with van der Waals surface area (Å²) >= 11 is 0. The van der Waals surface area contributed by atoms with Crippen LogP contribution in [0.4, 0.5) is 0 Å². The van der Waals surface area contributed by atoms with E-state index in [1.54, 1.807) is 25.8 Å². The smallest absolute Gasteiger partial charge is 0.326 e. The Kier molecular flexibility index (Phi) is 7.62. The van der Waals surface area contributed by atoms with Crippen LogP contribution in [0.3, 0.4) is 0 Å². The molecule has 3 atom stereocenters. The Morgan fingerprint density at radius 1 is 1.15 bits per heavy atom. The van der Waals surface area contributed by atoms with Crippen molar-refractivity contribution in [3.63, 3.8) is 0 Å². The Hall–Kier alpha value is -1.18. The van der Waals surface area contributed by atoms with Crippen LogP contribution in [0.5, 0.6) is 0 Å². The summed E-state index contributed by atoms with van der Waals surface area (Å²) in [6.07, 6.45) is 0.282. The number of aliphatic hydroxyl groups is 1. The maximum Gasteiger partial charge on any atom is 0.326 e. The van der Waals surface area contributed by atoms with Crippen molar-refractivity contribution in [2.24, 2.45) is 17.3 Å². The van der Waals surface area contributed by atoms with E-state index in [2.05, 4.69) is 0 Å². The number of hydroxylamine groups is 2. The van der Waals surface area contributed by atoms with E-state index in [-0.39, 0.29) is 37.6 Å². The molecule has 1 N–H and O–H groups in total. The van der Waals surface area contributed by atoms with E-state index in [1.165, 1.54) is 7.11 Å². The number of nitrogens with zero attached hydrogens (tertiary/aromatic N) is 1. The summed E-state index contributed by atoms with van der Waals surface area (Å²) in [6, 6.07) is -0.947. The molecule has 1 rings (SSSR count). The van der Waals surface area contributed by atoms with E-state index in [9.17, 15) is 14.7 Å². The molecular formula is C19H35NO6. The number of aliphatic hydroxyl groups excluding tert-OH is 1. The molecule has 0 bridgehead atoms. The SMILES string of the molecule is CON1[C@@H](C(=O)OC(C)(C)C)C[C@@H](C(=O)OCC(C)(C)CO)[C@H]1C(C)C. The van der Waals surface area contributed by atoms with Crippen LogP contribution >= 0.6 is 0 Å². The molecule has 0 spiro atoms. The molecule has 0 radical (unpaired) electrons. The van der Waals surface area contributed by atoms with Crippen molar-refractivity contribution in [3.8, 4) is 0 Å². The number of hydrogen-bond acceptors (Lipinski definition) is 7. The van der Waals surface area contributed by atoms with Gasteiger partial charge in [-0.3, -0.25) is 9.59 Å². The van der Waals surface area contributed by atoms with Gasteiger partial charge >= 0.3 is 11.9 Å². The van der Waals surface area contributed by atoms with Crippen LogP contribution in [0.25, 0.3) is 0 Å². The molecule has 0 aliphatic carbocycles. The fraction of sp³-hybridized carbons (Fsp3) is 0.895. The summed E-state index contributed by atoms with van der Waals surface area (Å²) < 4.78 is 10.9. The maximum absolute atomic E-state index is 12.7. The summed E-state index contributed by atoms with van der Waals surface area (Å²) in [6.45, 7) is 13.0. The predicted octanol–water partition coefficient (Wildman–Crippen LogP) is 2.17. The van der Waals surface area contributed by atoms with Crippen LogP contribution in [0, 0.1) is 17.3 Å². The average Bonchev–Trinajstić information content (AvgIpc) is 2.91. The predicted molar refractivity (Wildman–Crippen MR) is 97.0 cm³/mol. The monoisotopic (exact) mass is 373 g/mol. The molecule has 1 heterocycles. The van der Waals surface area contributed by atoms with E-state index in [0.717, 1.165) is 0 Å². The first kappa shape index (κ1) is 22.9. The zero-order valence-electron chi connectivity index (χ0n) is 17.4. The van der Waals surface area contributed by atoms with Crippen molar-refractivity contribution in [1.29, 1.82) is 0 Å². The lowest BCUT2D eigenvalue weighted by Crippen LogP contribution is -2.46. The molecule has 0 aromatic carbocycles. The van der Waals surface area contributed by atoms with Gasteiger partial charge in [-0.1, -0.05) is 27.7 Å². The highest BCUT2D eigenvalue weighted by Crippen LogP contribution is 2.36. The third kappa shape index (κ3) is 5.93. The van der Waals surface area contributed by atoms with E-state index in [1.807, 2.05) is 27.7 Å². The molecule has 7 heteroatoms. The molecule has 1 aliphatic heterocycles. The Morgan fingerprint density at radius 3 is 2.15 bits per heavy atom. The Bertz CT molecular complexity index is 497. The second-order valence-corrected chi connectivity index (χ2v) is 9.10. The summed E-state index contributed by atoms with van der Waals surface area (Å²) in [7, 11) is 1.50. The Labute approximate surface area is 156 Å². The van der Waals surface area contributed by atoms with Gasteiger partial charge in [0.25, 0.3) is 0 Å². The van der Waals surface area contributed by atoms with Gasteiger partial charge in [0.1, 0.15) is 11.6 Å². The minimum Gasteiger partial charge on any atom is -0.465 e. The molecule has 26 heavy (non-hydrogen) atoms. The minimum absolute atomic E-state index is 0.0748. The zero-order chi connectivity index (χ0) is 20.3. The number of carbonyl (C=O) groups is 2. The first-order chi connectivity index (χ1) is 11.8. The topological polar surface area (TPSA) is 85.3 Å². The largest absolute Gasteiger partial charge is 0.465 e. The highest BCUT2D eigenvalue weighted by atomic mass is 16.7. The van der Waals surface area contributed by atoms with Crippen molar-refractivity contribution in [2.75, 3.05) is 20.3 Å². The summed E-state index contributed by atoms with van der Waals surface area (Å²) in [5, 5.41) is 10.9. The second kappa shape index (κ2) is 8.67. The van der Waals surface area contributed by atoms with Crippen LogP contribution in [0.1, 0.15) is 54.9 Å². The number of carbonyl (C=O) groups excluding carboxylic acids is 2. The van der Waals surface area contributed by atoms with E-state index >= 15 is 0 Å². The van der Waals surface area contributed by atoms with Gasteiger partial charge in [0.15, 0.2) is 0 Å². The fourth-order valence-corrected chi connectivity index (χ4v) is 3.10. The molecule has 152 valence electrons. The molecule has 7 nitrogen and oxygen atoms in total. The maximum atomic E-state index is 12.7. The third-order valence-electron chi connectivity index (χ3n) is 4.40. The van der Waals surface area contributed by atoms with Gasteiger partial charge in [0.2, 0.25) is 0 Å². The van der Waals surface area contributed by atoms with Crippen LogP contribution in [-0.2, 0) is 23.9 Å². The summed E-state index contributed by atoms with van der Waals surface area (Å²) in [5.41, 5.74) is -1.12. The van der Waals surface area contributed by atoms with E-state index in [0.29, 0.717) is 0 Å². The lowest BCUT2D eigenvalue weighted by Gasteiger charge is -2.32. The van der Waals surface area contributed by atoms with Gasteiger partial charge in [0.05, 0.1) is 32.3 Å². The Balaban J connectivity index is 2.97. The van der Waals surface area contributed by atoms with Gasteiger partial charge in [0, 0.05) is 5.41 Å². The lowest BCUT2D eigenvalue weighted by atomic mass is 9.91. The zero-order valence-corrected chi connectivity index (χ0v) is 17.4. The quantitative estimate of drug-likeness (QED) is 0.685. The number of ether oxygens (including phenoxy) is 2. The summed E-state index contributed by atoms with van der Waals surface area (Å²) in [5.74, 6) is -1.21. The van der Waals surface area contributed by atoms with Crippen LogP contribution < -0.4 is 0 Å². The van der Waals surface area contributed by atoms with Crippen molar-refractivity contribution < 1.29 is 29.0 Å². The van der Waals surface area contributed by atoms with E-state index in [4.69, 9.17) is 14.3 Å². The van der Waals surface area contributed by atoms with Crippen LogP contribution in [0.15, 0.2) is 0 Å². The first-order valence-electron chi connectivity index (χ1n) is 9.16. The van der Waals surface area contributed by atoms with Gasteiger partial charge in [-0.2, -0.15) is 5.06 Å². The number of rotatable bonds is 7. The van der Waals surface area contributed by atoms with Crippen LogP contribution in [0.2, 0.25) is 0 Å². The highest BCUT2D eigenvalue weighted by Gasteiger charge is 2.51. The fourth-order valence-electron chi connectivity index (χ4n) is 3.10. The second-order valence-electron chi connectivity index (χ2n) is 9.10. The highest BCUT2D eigenvalue weighted by molar-refractivity contribution is 5.80. The minimum atomic E-state index is -0.657. The molecule has 0 aromatic rings. The lowest BCUT2D eigenvalue weighted by molar-refractivity contribution is -0.204. The molecule has 0 unspecified atom stereocenters. The molecule has 0 aromatic heterocycles. The van der Waals surface area contributed by atoms with Gasteiger partial charge < -0.3 is 19.4 Å². The van der Waals surface area contributed by atoms with Crippen molar-refractivity contribution in [2.45, 2.75) is 72.6 Å². The molecule has 1 fully saturated rings. The number of esters is 2. The normalized spacial score (nSPS) is 24.8. The molecule has 1 saturated heterocycles. The van der Waals surface area contributed by atoms with Gasteiger partial charge in [-0.25, -0.2) is 0 Å². The van der Waals surface area contributed by atoms with Gasteiger partial charge in [-0.05, 0) is 33.1 Å². The first-order valence-corrected chi connectivity index (χ1v) is 9.16. The Morgan fingerprint density at radius 2 is 1.73 bits per heavy atom. The van der Waals surface area contributed by atoms with Gasteiger partial charge in [-0.15, -0.1) is 0 Å². The molecule has 0 saturated carbocycles. The van der Waals surface area contributed by atoms with E-state index < -0.39 is 28.9 Å². The third-order valence-corrected chi connectivity index (χ3v) is 4.40. The van der Waals surface area contributed by atoms with Crippen LogP contribution in [-0.4, -0.2) is 60.1 Å².